The molecule has 0 aliphatic carbocycles. The van der Waals surface area contributed by atoms with E-state index in [0.29, 0.717) is 28.8 Å². The monoisotopic (exact) mass is 554 g/mol. The van der Waals surface area contributed by atoms with Gasteiger partial charge in [0.25, 0.3) is 0 Å². The van der Waals surface area contributed by atoms with Gasteiger partial charge in [0.2, 0.25) is 0 Å². The molecule has 43 heavy (non-hydrogen) atoms. The van der Waals surface area contributed by atoms with Crippen molar-refractivity contribution in [3.05, 3.63) is 167 Å². The Bertz CT molecular complexity index is 2270. The Morgan fingerprint density at radius 2 is 1.07 bits per heavy atom. The highest BCUT2D eigenvalue weighted by molar-refractivity contribution is 6.22. The van der Waals surface area contributed by atoms with E-state index in [4.69, 9.17) is 0 Å². The summed E-state index contributed by atoms with van der Waals surface area (Å²) in [5, 5.41) is 4.67. The van der Waals surface area contributed by atoms with Gasteiger partial charge in [-0.05, 0) is 35.9 Å². The second kappa shape index (κ2) is 9.97. The first-order valence-electron chi connectivity index (χ1n) is 14.4. The van der Waals surface area contributed by atoms with Gasteiger partial charge in [-0.25, -0.2) is 0 Å². The van der Waals surface area contributed by atoms with Gasteiger partial charge in [-0.1, -0.05) is 109 Å². The second-order valence-corrected chi connectivity index (χ2v) is 11.0. The number of hydrogen-bond donors (Lipinski definition) is 1. The molecule has 1 N–H and O–H groups in total. The normalized spacial score (nSPS) is 11.5. The molecule has 0 aliphatic rings. The fourth-order valence-corrected chi connectivity index (χ4v) is 6.36. The van der Waals surface area contributed by atoms with Crippen LogP contribution in [0.5, 0.6) is 0 Å². The van der Waals surface area contributed by atoms with E-state index >= 15 is 0 Å². The van der Waals surface area contributed by atoms with Crippen molar-refractivity contribution in [2.45, 2.75) is 6.54 Å². The highest BCUT2D eigenvalue weighted by Gasteiger charge is 2.19. The summed E-state index contributed by atoms with van der Waals surface area (Å²) < 4.78 is 2.31. The molecule has 0 saturated carbocycles. The first-order valence-corrected chi connectivity index (χ1v) is 14.4. The number of aromatic nitrogens is 2. The van der Waals surface area contributed by atoms with Crippen LogP contribution in [0.3, 0.4) is 0 Å². The highest BCUT2D eigenvalue weighted by atomic mass is 16.1. The van der Waals surface area contributed by atoms with E-state index in [-0.39, 0.29) is 11.6 Å². The summed E-state index contributed by atoms with van der Waals surface area (Å²) in [6.45, 7) is 0.490. The Morgan fingerprint density at radius 3 is 1.74 bits per heavy atom. The van der Waals surface area contributed by atoms with Gasteiger partial charge < -0.3 is 9.55 Å². The van der Waals surface area contributed by atoms with Gasteiger partial charge >= 0.3 is 0 Å². The zero-order valence-electron chi connectivity index (χ0n) is 23.2. The van der Waals surface area contributed by atoms with Crippen LogP contribution in [0.1, 0.15) is 37.4 Å². The Labute approximate surface area is 247 Å². The molecule has 204 valence electrons. The molecule has 0 fully saturated rings. The maximum absolute atomic E-state index is 13.7. The maximum atomic E-state index is 13.7. The number of nitrogens with one attached hydrogen (secondary N) is 1. The zero-order chi connectivity index (χ0) is 28.9. The quantitative estimate of drug-likeness (QED) is 0.209. The molecule has 0 saturated heterocycles. The van der Waals surface area contributed by atoms with Gasteiger partial charge in [0.05, 0.1) is 11.0 Å². The molecule has 0 aliphatic heterocycles. The molecule has 8 rings (SSSR count). The van der Waals surface area contributed by atoms with Crippen molar-refractivity contribution in [1.82, 2.24) is 9.55 Å². The van der Waals surface area contributed by atoms with Crippen molar-refractivity contribution < 1.29 is 9.59 Å². The van der Waals surface area contributed by atoms with E-state index < -0.39 is 0 Å². The molecular weight excluding hydrogens is 528 g/mol. The van der Waals surface area contributed by atoms with Crippen molar-refractivity contribution in [3.8, 4) is 0 Å². The zero-order valence-corrected chi connectivity index (χ0v) is 23.2. The molecule has 4 nitrogen and oxygen atoms in total. The fraction of sp³-hybridized carbons (Fsp3) is 0.0256. The number of fused-ring (bicyclic) bond motifs is 7. The summed E-state index contributed by atoms with van der Waals surface area (Å²) in [6.07, 6.45) is 0. The van der Waals surface area contributed by atoms with Crippen molar-refractivity contribution in [2.75, 3.05) is 0 Å². The standard InChI is InChI=1S/C39H26N2O2/c42-38(26-11-3-1-4-12-26)28-21-25(22-29(23-28)39(43)27-13-5-2-6-14-27)24-41-35-18-10-8-16-31(35)33-20-19-32-30-15-7-9-17-34(30)40-36(32)37(33)41/h1-23,40H,24H2. The topological polar surface area (TPSA) is 54.9 Å². The predicted octanol–water partition coefficient (Wildman–Crippen LogP) is 8.94. The number of ketones is 2. The van der Waals surface area contributed by atoms with Gasteiger partial charge in [0.15, 0.2) is 11.6 Å². The summed E-state index contributed by atoms with van der Waals surface area (Å²) in [6, 6.07) is 45.2. The van der Waals surface area contributed by atoms with E-state index in [1.54, 1.807) is 6.07 Å². The lowest BCUT2D eigenvalue weighted by Gasteiger charge is -2.13. The van der Waals surface area contributed by atoms with E-state index in [1.807, 2.05) is 78.9 Å². The van der Waals surface area contributed by atoms with Crippen molar-refractivity contribution in [3.63, 3.8) is 0 Å². The van der Waals surface area contributed by atoms with Crippen molar-refractivity contribution in [1.29, 1.82) is 0 Å². The molecule has 0 bridgehead atoms. The van der Waals surface area contributed by atoms with Gasteiger partial charge in [-0.3, -0.25) is 9.59 Å². The number of nitrogens with zero attached hydrogens (tertiary/aromatic N) is 1. The Morgan fingerprint density at radius 1 is 0.512 bits per heavy atom. The third-order valence-electron chi connectivity index (χ3n) is 8.34. The Hall–Kier alpha value is -5.74. The van der Waals surface area contributed by atoms with Gasteiger partial charge in [0.1, 0.15) is 0 Å². The third kappa shape index (κ3) is 4.15. The minimum atomic E-state index is -0.107. The van der Waals surface area contributed by atoms with E-state index in [9.17, 15) is 9.59 Å². The molecule has 0 unspecified atom stereocenters. The Balaban J connectivity index is 1.35. The number of rotatable bonds is 6. The fourth-order valence-electron chi connectivity index (χ4n) is 6.36. The molecule has 4 heteroatoms. The van der Waals surface area contributed by atoms with Crippen LogP contribution in [-0.4, -0.2) is 21.1 Å². The average Bonchev–Trinajstić information content (AvgIpc) is 3.60. The van der Waals surface area contributed by atoms with Crippen molar-refractivity contribution in [2.24, 2.45) is 0 Å². The van der Waals surface area contributed by atoms with Crippen LogP contribution in [0.2, 0.25) is 0 Å². The molecular formula is C39H26N2O2. The molecule has 2 heterocycles. The molecule has 0 amide bonds. The molecule has 0 radical (unpaired) electrons. The molecule has 6 aromatic carbocycles. The van der Waals surface area contributed by atoms with Crippen molar-refractivity contribution >= 4 is 55.2 Å². The lowest BCUT2D eigenvalue weighted by Crippen LogP contribution is -2.09. The first-order chi connectivity index (χ1) is 21.2. The first kappa shape index (κ1) is 25.0. The molecule has 2 aromatic heterocycles. The predicted molar refractivity (Wildman–Crippen MR) is 174 cm³/mol. The third-order valence-corrected chi connectivity index (χ3v) is 8.34. The lowest BCUT2D eigenvalue weighted by molar-refractivity contribution is 0.103. The molecule has 0 spiro atoms. The molecule has 0 atom stereocenters. The van der Waals surface area contributed by atoms with Crippen LogP contribution < -0.4 is 0 Å². The van der Waals surface area contributed by atoms with Crippen LogP contribution in [0, 0.1) is 0 Å². The number of aromatic amines is 1. The van der Waals surface area contributed by atoms with Crippen LogP contribution in [0.15, 0.2) is 140 Å². The van der Waals surface area contributed by atoms with Gasteiger partial charge in [0, 0.05) is 61.4 Å². The van der Waals surface area contributed by atoms with Crippen LogP contribution in [-0.2, 0) is 6.54 Å². The highest BCUT2D eigenvalue weighted by Crippen LogP contribution is 2.37. The van der Waals surface area contributed by atoms with E-state index in [0.717, 1.165) is 38.4 Å². The van der Waals surface area contributed by atoms with E-state index in [2.05, 4.69) is 64.1 Å². The summed E-state index contributed by atoms with van der Waals surface area (Å²) >= 11 is 0. The SMILES string of the molecule is O=C(c1ccccc1)c1cc(Cn2c3ccccc3c3ccc4c5ccccc5[nH]c4c32)cc(C(=O)c2ccccc2)c1. The summed E-state index contributed by atoms with van der Waals surface area (Å²) in [4.78, 5) is 31.1. The number of carbonyl (C=O) groups is 2. The van der Waals surface area contributed by atoms with Gasteiger partial charge in [-0.2, -0.15) is 0 Å². The molecule has 8 aromatic rings. The lowest BCUT2D eigenvalue weighted by atomic mass is 9.95. The van der Waals surface area contributed by atoms with Crippen LogP contribution in [0.25, 0.3) is 43.6 Å². The smallest absolute Gasteiger partial charge is 0.193 e. The number of benzene rings is 6. The summed E-state index contributed by atoms with van der Waals surface area (Å²) in [5.41, 5.74) is 7.43. The van der Waals surface area contributed by atoms with Crippen LogP contribution >= 0.6 is 0 Å². The van der Waals surface area contributed by atoms with Crippen LogP contribution in [0.4, 0.5) is 0 Å². The summed E-state index contributed by atoms with van der Waals surface area (Å²) in [5.74, 6) is -0.213. The average molecular weight is 555 g/mol. The minimum absolute atomic E-state index is 0.107. The second-order valence-electron chi connectivity index (χ2n) is 11.0. The largest absolute Gasteiger partial charge is 0.353 e. The van der Waals surface area contributed by atoms with E-state index in [1.165, 1.54) is 10.8 Å². The number of H-pyrrole nitrogens is 1. The summed E-state index contributed by atoms with van der Waals surface area (Å²) in [7, 11) is 0. The number of carbonyl (C=O) groups excluding carboxylic acids is 2. The maximum Gasteiger partial charge on any atom is 0.193 e. The number of para-hydroxylation sites is 2. The van der Waals surface area contributed by atoms with Gasteiger partial charge in [-0.15, -0.1) is 0 Å². The Kier molecular flexibility index (Phi) is 5.80. The minimum Gasteiger partial charge on any atom is -0.353 e. The number of hydrogen-bond acceptors (Lipinski definition) is 2.